The zero-order chi connectivity index (χ0) is 15.7. The molecule has 116 valence electrons. The van der Waals surface area contributed by atoms with Crippen LogP contribution in [0, 0.1) is 13.8 Å². The highest BCUT2D eigenvalue weighted by molar-refractivity contribution is 5.96. The van der Waals surface area contributed by atoms with Gasteiger partial charge in [0.15, 0.2) is 0 Å². The topological polar surface area (TPSA) is 92.1 Å². The van der Waals surface area contributed by atoms with Crippen molar-refractivity contribution in [3.05, 3.63) is 45.5 Å². The molecule has 1 atom stereocenters. The summed E-state index contributed by atoms with van der Waals surface area (Å²) in [7, 11) is 0. The molecule has 0 aromatic carbocycles. The van der Waals surface area contributed by atoms with E-state index in [-0.39, 0.29) is 17.5 Å². The van der Waals surface area contributed by atoms with Gasteiger partial charge in [-0.15, -0.1) is 0 Å². The quantitative estimate of drug-likeness (QED) is 0.905. The van der Waals surface area contributed by atoms with Crippen molar-refractivity contribution in [1.29, 1.82) is 0 Å². The highest BCUT2D eigenvalue weighted by Gasteiger charge is 2.29. The zero-order valence-electron chi connectivity index (χ0n) is 12.6. The van der Waals surface area contributed by atoms with Crippen molar-refractivity contribution in [2.75, 3.05) is 13.1 Å². The van der Waals surface area contributed by atoms with Gasteiger partial charge in [-0.25, -0.2) is 9.78 Å². The summed E-state index contributed by atoms with van der Waals surface area (Å²) in [5.41, 5.74) is 1.63. The Labute approximate surface area is 127 Å². The predicted molar refractivity (Wildman–Crippen MR) is 78.7 cm³/mol. The lowest BCUT2D eigenvalue weighted by Gasteiger charge is -2.32. The molecule has 1 amide bonds. The molecule has 0 aliphatic carbocycles. The summed E-state index contributed by atoms with van der Waals surface area (Å²) in [5, 5.41) is 3.84. The van der Waals surface area contributed by atoms with Crippen LogP contribution in [-0.4, -0.2) is 39.0 Å². The third kappa shape index (κ3) is 2.66. The maximum Gasteiger partial charge on any atom is 0.345 e. The van der Waals surface area contributed by atoms with E-state index < -0.39 is 0 Å². The van der Waals surface area contributed by atoms with Crippen LogP contribution in [0.5, 0.6) is 0 Å². The molecule has 1 aliphatic rings. The largest absolute Gasteiger partial charge is 0.361 e. The highest BCUT2D eigenvalue weighted by Crippen LogP contribution is 2.26. The molecule has 2 aromatic rings. The molecule has 1 N–H and O–H groups in total. The molecule has 1 aliphatic heterocycles. The van der Waals surface area contributed by atoms with Crippen molar-refractivity contribution >= 4 is 5.91 Å². The molecule has 3 rings (SSSR count). The fraction of sp³-hybridized carbons (Fsp3) is 0.467. The van der Waals surface area contributed by atoms with Gasteiger partial charge in [-0.1, -0.05) is 5.16 Å². The van der Waals surface area contributed by atoms with Crippen molar-refractivity contribution < 1.29 is 9.32 Å². The number of hydrogen-bond donors (Lipinski definition) is 1. The minimum atomic E-state index is -0.355. The van der Waals surface area contributed by atoms with E-state index in [1.54, 1.807) is 24.8 Å². The number of likely N-dealkylation sites (tertiary alicyclic amines) is 1. The number of piperidine rings is 1. The monoisotopic (exact) mass is 302 g/mol. The van der Waals surface area contributed by atoms with Crippen LogP contribution in [0.25, 0.3) is 0 Å². The molecule has 1 fully saturated rings. The second kappa shape index (κ2) is 5.75. The SMILES string of the molecule is Cc1noc(C)c1C(=O)N1CCCC(c2ccnc(=O)[nH]2)C1. The van der Waals surface area contributed by atoms with Gasteiger partial charge in [-0.3, -0.25) is 4.79 Å². The minimum Gasteiger partial charge on any atom is -0.361 e. The number of nitrogens with zero attached hydrogens (tertiary/aromatic N) is 3. The predicted octanol–water partition coefficient (Wildman–Crippen LogP) is 1.39. The Hall–Kier alpha value is -2.44. The molecule has 7 nitrogen and oxygen atoms in total. The maximum atomic E-state index is 12.7. The highest BCUT2D eigenvalue weighted by atomic mass is 16.5. The van der Waals surface area contributed by atoms with Crippen molar-refractivity contribution in [3.63, 3.8) is 0 Å². The number of amides is 1. The van der Waals surface area contributed by atoms with Crippen molar-refractivity contribution in [2.24, 2.45) is 0 Å². The van der Waals surface area contributed by atoms with E-state index in [1.165, 1.54) is 6.20 Å². The average Bonchev–Trinajstić information content (AvgIpc) is 2.86. The van der Waals surface area contributed by atoms with Gasteiger partial charge < -0.3 is 14.4 Å². The van der Waals surface area contributed by atoms with E-state index in [9.17, 15) is 9.59 Å². The zero-order valence-corrected chi connectivity index (χ0v) is 12.6. The van der Waals surface area contributed by atoms with Crippen LogP contribution < -0.4 is 5.69 Å². The first-order valence-corrected chi connectivity index (χ1v) is 7.33. The summed E-state index contributed by atoms with van der Waals surface area (Å²) < 4.78 is 5.08. The van der Waals surface area contributed by atoms with Gasteiger partial charge in [0, 0.05) is 30.9 Å². The first kappa shape index (κ1) is 14.5. The van der Waals surface area contributed by atoms with Gasteiger partial charge in [-0.05, 0) is 32.8 Å². The molecular formula is C15H18N4O3. The molecule has 7 heteroatoms. The van der Waals surface area contributed by atoms with Crippen LogP contribution in [0.3, 0.4) is 0 Å². The summed E-state index contributed by atoms with van der Waals surface area (Å²) in [6.07, 6.45) is 3.33. The van der Waals surface area contributed by atoms with Crippen LogP contribution in [-0.2, 0) is 0 Å². The van der Waals surface area contributed by atoms with E-state index in [0.29, 0.717) is 30.1 Å². The number of hydrogen-bond acceptors (Lipinski definition) is 5. The van der Waals surface area contributed by atoms with Gasteiger partial charge in [0.25, 0.3) is 5.91 Å². The molecule has 0 bridgehead atoms. The molecule has 1 unspecified atom stereocenters. The van der Waals surface area contributed by atoms with Gasteiger partial charge in [-0.2, -0.15) is 0 Å². The fourth-order valence-corrected chi connectivity index (χ4v) is 2.98. The van der Waals surface area contributed by atoms with E-state index in [0.717, 1.165) is 18.5 Å². The van der Waals surface area contributed by atoms with Crippen LogP contribution >= 0.6 is 0 Å². The second-order valence-corrected chi connectivity index (χ2v) is 5.62. The normalized spacial score (nSPS) is 18.5. The molecule has 0 spiro atoms. The van der Waals surface area contributed by atoms with Crippen molar-refractivity contribution in [3.8, 4) is 0 Å². The van der Waals surface area contributed by atoms with Gasteiger partial charge >= 0.3 is 5.69 Å². The van der Waals surface area contributed by atoms with Crippen LogP contribution in [0.4, 0.5) is 0 Å². The van der Waals surface area contributed by atoms with E-state index >= 15 is 0 Å². The van der Waals surface area contributed by atoms with Crippen molar-refractivity contribution in [1.82, 2.24) is 20.0 Å². The van der Waals surface area contributed by atoms with Gasteiger partial charge in [0.2, 0.25) is 0 Å². The molecular weight excluding hydrogens is 284 g/mol. The number of nitrogens with one attached hydrogen (secondary N) is 1. The summed E-state index contributed by atoms with van der Waals surface area (Å²) >= 11 is 0. The third-order valence-corrected chi connectivity index (χ3v) is 4.09. The molecule has 22 heavy (non-hydrogen) atoms. The lowest BCUT2D eigenvalue weighted by atomic mass is 9.94. The average molecular weight is 302 g/mol. The second-order valence-electron chi connectivity index (χ2n) is 5.62. The maximum absolute atomic E-state index is 12.7. The van der Waals surface area contributed by atoms with Crippen LogP contribution in [0.15, 0.2) is 21.6 Å². The minimum absolute atomic E-state index is 0.0580. The number of carbonyl (C=O) groups excluding carboxylic acids is 1. The Morgan fingerprint density at radius 3 is 2.95 bits per heavy atom. The van der Waals surface area contributed by atoms with Crippen LogP contribution in [0.2, 0.25) is 0 Å². The Bertz CT molecular complexity index is 730. The molecule has 0 saturated carbocycles. The molecule has 0 radical (unpaired) electrons. The first-order chi connectivity index (χ1) is 10.6. The summed E-state index contributed by atoms with van der Waals surface area (Å²) in [4.78, 5) is 32.2. The summed E-state index contributed by atoms with van der Waals surface area (Å²) in [6, 6.07) is 1.80. The van der Waals surface area contributed by atoms with Gasteiger partial charge in [0.05, 0.1) is 5.69 Å². The van der Waals surface area contributed by atoms with Crippen LogP contribution in [0.1, 0.15) is 46.3 Å². The van der Waals surface area contributed by atoms with Gasteiger partial charge in [0.1, 0.15) is 11.3 Å². The first-order valence-electron chi connectivity index (χ1n) is 7.33. The fourth-order valence-electron chi connectivity index (χ4n) is 2.98. The Balaban J connectivity index is 1.81. The number of carbonyl (C=O) groups is 1. The lowest BCUT2D eigenvalue weighted by molar-refractivity contribution is 0.0703. The number of aryl methyl sites for hydroxylation is 2. The molecule has 1 saturated heterocycles. The number of rotatable bonds is 2. The van der Waals surface area contributed by atoms with E-state index in [1.807, 2.05) is 0 Å². The molecule has 3 heterocycles. The summed E-state index contributed by atoms with van der Waals surface area (Å²) in [5.74, 6) is 0.605. The van der Waals surface area contributed by atoms with Crippen molar-refractivity contribution in [2.45, 2.75) is 32.6 Å². The Morgan fingerprint density at radius 2 is 2.27 bits per heavy atom. The van der Waals surface area contributed by atoms with E-state index in [4.69, 9.17) is 4.52 Å². The molecule has 2 aromatic heterocycles. The number of aromatic nitrogens is 3. The Morgan fingerprint density at radius 1 is 1.45 bits per heavy atom. The number of aromatic amines is 1. The number of H-pyrrole nitrogens is 1. The standard InChI is InChI=1S/C15H18N4O3/c1-9-13(10(2)22-18-9)14(20)19-7-3-4-11(8-19)12-5-6-16-15(21)17-12/h5-6,11H,3-4,7-8H2,1-2H3,(H,16,17,21). The lowest BCUT2D eigenvalue weighted by Crippen LogP contribution is -2.40. The third-order valence-electron chi connectivity index (χ3n) is 4.09. The van der Waals surface area contributed by atoms with E-state index in [2.05, 4.69) is 15.1 Å². The Kier molecular flexibility index (Phi) is 3.79. The smallest absolute Gasteiger partial charge is 0.345 e. The summed E-state index contributed by atoms with van der Waals surface area (Å²) in [6.45, 7) is 4.79.